The Bertz CT molecular complexity index is 249. The largest absolute Gasteiger partial charge is 0.346 e. The van der Waals surface area contributed by atoms with E-state index >= 15 is 0 Å². The Hall–Kier alpha value is -0.120. The number of hydrogen-bond donors (Lipinski definition) is 0. The standard InChI is InChI=1S/C9H10O3/c1-2-4-5-3(1)7-6(2)10-8(4)12-9(5)11-7/h2-9H,1H2/t2-,3+,4?,5?,6+,7-,8+,9-. The van der Waals surface area contributed by atoms with Crippen molar-refractivity contribution in [1.82, 2.24) is 0 Å². The average Bonchev–Trinajstić information content (AvgIpc) is 2.57. The minimum atomic E-state index is 0.104. The number of hydrogen-bond acceptors (Lipinski definition) is 3. The number of ether oxygens (including phenoxy) is 3. The second kappa shape index (κ2) is 1.37. The van der Waals surface area contributed by atoms with E-state index in [1.807, 2.05) is 0 Å². The fraction of sp³-hybridized carbons (Fsp3) is 1.00. The molecule has 0 aromatic rings. The SMILES string of the molecule is C1[C@@H]2C3C4[C@H]5O[C@@H]3O[C@@H]2[C@H](O5)[C@@H]14. The van der Waals surface area contributed by atoms with Crippen molar-refractivity contribution in [2.45, 2.75) is 31.2 Å². The molecule has 0 aromatic carbocycles. The molecule has 3 saturated heterocycles. The van der Waals surface area contributed by atoms with Crippen LogP contribution in [0.4, 0.5) is 0 Å². The van der Waals surface area contributed by atoms with E-state index in [2.05, 4.69) is 0 Å². The van der Waals surface area contributed by atoms with Crippen molar-refractivity contribution in [1.29, 1.82) is 0 Å². The van der Waals surface area contributed by atoms with Gasteiger partial charge in [-0.05, 0) is 18.3 Å². The third-order valence-corrected chi connectivity index (χ3v) is 4.62. The quantitative estimate of drug-likeness (QED) is 0.519. The summed E-state index contributed by atoms with van der Waals surface area (Å²) in [6.45, 7) is 0. The summed E-state index contributed by atoms with van der Waals surface area (Å²) >= 11 is 0. The van der Waals surface area contributed by atoms with Gasteiger partial charge in [0.25, 0.3) is 0 Å². The van der Waals surface area contributed by atoms with E-state index in [4.69, 9.17) is 14.2 Å². The zero-order valence-corrected chi connectivity index (χ0v) is 6.55. The van der Waals surface area contributed by atoms with Gasteiger partial charge in [0.1, 0.15) is 0 Å². The number of rotatable bonds is 0. The highest BCUT2D eigenvalue weighted by atomic mass is 16.8. The summed E-state index contributed by atoms with van der Waals surface area (Å²) in [5.74, 6) is 2.96. The maximum Gasteiger partial charge on any atom is 0.164 e. The van der Waals surface area contributed by atoms with Gasteiger partial charge in [0.2, 0.25) is 0 Å². The highest BCUT2D eigenvalue weighted by molar-refractivity contribution is 5.17. The van der Waals surface area contributed by atoms with Gasteiger partial charge in [-0.2, -0.15) is 0 Å². The van der Waals surface area contributed by atoms with Crippen LogP contribution in [-0.2, 0) is 14.2 Å². The molecule has 2 bridgehead atoms. The molecular weight excluding hydrogens is 156 g/mol. The van der Waals surface area contributed by atoms with Crippen LogP contribution in [0.2, 0.25) is 0 Å². The van der Waals surface area contributed by atoms with Crippen LogP contribution < -0.4 is 0 Å². The molecule has 64 valence electrons. The van der Waals surface area contributed by atoms with E-state index < -0.39 is 0 Å². The third kappa shape index (κ3) is 0.340. The van der Waals surface area contributed by atoms with Crippen molar-refractivity contribution >= 4 is 0 Å². The van der Waals surface area contributed by atoms with Crippen molar-refractivity contribution in [3.8, 4) is 0 Å². The van der Waals surface area contributed by atoms with Crippen LogP contribution >= 0.6 is 0 Å². The molecule has 2 saturated carbocycles. The van der Waals surface area contributed by atoms with Crippen LogP contribution in [-0.4, -0.2) is 24.8 Å². The Morgan fingerprint density at radius 3 is 1.92 bits per heavy atom. The minimum absolute atomic E-state index is 0.104. The normalized spacial score (nSPS) is 80.0. The van der Waals surface area contributed by atoms with Crippen LogP contribution in [0.3, 0.4) is 0 Å². The minimum Gasteiger partial charge on any atom is -0.346 e. The molecule has 0 N–H and O–H groups in total. The molecular formula is C9H10O3. The van der Waals surface area contributed by atoms with E-state index in [1.165, 1.54) is 6.42 Å². The Morgan fingerprint density at radius 1 is 0.750 bits per heavy atom. The fourth-order valence-electron chi connectivity index (χ4n) is 4.39. The van der Waals surface area contributed by atoms with Crippen LogP contribution in [0.25, 0.3) is 0 Å². The first-order chi connectivity index (χ1) is 5.93. The molecule has 0 radical (unpaired) electrons. The van der Waals surface area contributed by atoms with Crippen molar-refractivity contribution in [3.63, 3.8) is 0 Å². The zero-order chi connectivity index (χ0) is 7.45. The van der Waals surface area contributed by atoms with Crippen LogP contribution in [0, 0.1) is 23.7 Å². The first kappa shape index (κ1) is 5.58. The predicted octanol–water partition coefficient (Wildman–Crippen LogP) is 0.348. The Labute approximate surface area is 70.0 Å². The van der Waals surface area contributed by atoms with Crippen molar-refractivity contribution in [2.24, 2.45) is 23.7 Å². The van der Waals surface area contributed by atoms with Gasteiger partial charge in [-0.25, -0.2) is 0 Å². The van der Waals surface area contributed by atoms with E-state index in [0.717, 1.165) is 11.8 Å². The van der Waals surface area contributed by atoms with Gasteiger partial charge < -0.3 is 14.2 Å². The Kier molecular flexibility index (Phi) is 0.635. The van der Waals surface area contributed by atoms with Gasteiger partial charge in [0.15, 0.2) is 12.6 Å². The van der Waals surface area contributed by atoms with E-state index in [9.17, 15) is 0 Å². The molecule has 5 fully saturated rings. The van der Waals surface area contributed by atoms with Gasteiger partial charge in [0, 0.05) is 11.8 Å². The first-order valence-electron chi connectivity index (χ1n) is 4.90. The van der Waals surface area contributed by atoms with Crippen LogP contribution in [0.5, 0.6) is 0 Å². The molecule has 0 spiro atoms. The summed E-state index contributed by atoms with van der Waals surface area (Å²) in [6, 6.07) is 0. The van der Waals surface area contributed by atoms with Crippen LogP contribution in [0.15, 0.2) is 0 Å². The van der Waals surface area contributed by atoms with Crippen LogP contribution in [0.1, 0.15) is 6.42 Å². The average molecular weight is 166 g/mol. The van der Waals surface area contributed by atoms with E-state index in [1.54, 1.807) is 0 Å². The second-order valence-electron chi connectivity index (χ2n) is 4.79. The number of fused-ring (bicyclic) bond motifs is 1. The highest BCUT2D eigenvalue weighted by Gasteiger charge is 2.76. The van der Waals surface area contributed by atoms with Crippen molar-refractivity contribution in [3.05, 3.63) is 0 Å². The highest BCUT2D eigenvalue weighted by Crippen LogP contribution is 2.68. The third-order valence-electron chi connectivity index (χ3n) is 4.62. The molecule has 3 nitrogen and oxygen atoms in total. The molecule has 2 aliphatic carbocycles. The van der Waals surface area contributed by atoms with Gasteiger partial charge in [-0.1, -0.05) is 0 Å². The predicted molar refractivity (Wildman–Crippen MR) is 37.0 cm³/mol. The maximum absolute atomic E-state index is 5.84. The second-order valence-corrected chi connectivity index (χ2v) is 4.79. The first-order valence-corrected chi connectivity index (χ1v) is 4.90. The zero-order valence-electron chi connectivity index (χ0n) is 6.55. The molecule has 3 heteroatoms. The summed E-state index contributed by atoms with van der Waals surface area (Å²) < 4.78 is 17.4. The van der Waals surface area contributed by atoms with Gasteiger partial charge >= 0.3 is 0 Å². The lowest BCUT2D eigenvalue weighted by Gasteiger charge is -2.19. The lowest BCUT2D eigenvalue weighted by atomic mass is 9.82. The molecule has 5 rings (SSSR count). The molecule has 0 amide bonds. The maximum atomic E-state index is 5.84. The summed E-state index contributed by atoms with van der Waals surface area (Å²) in [7, 11) is 0. The summed E-state index contributed by atoms with van der Waals surface area (Å²) in [6.07, 6.45) is 2.35. The summed E-state index contributed by atoms with van der Waals surface area (Å²) in [5.41, 5.74) is 0. The smallest absolute Gasteiger partial charge is 0.164 e. The van der Waals surface area contributed by atoms with E-state index in [0.29, 0.717) is 24.0 Å². The summed E-state index contributed by atoms with van der Waals surface area (Å²) in [5, 5.41) is 0. The fourth-order valence-corrected chi connectivity index (χ4v) is 4.39. The monoisotopic (exact) mass is 166 g/mol. The molecule has 8 atom stereocenters. The van der Waals surface area contributed by atoms with Gasteiger partial charge in [-0.15, -0.1) is 0 Å². The topological polar surface area (TPSA) is 27.7 Å². The molecule has 3 heterocycles. The molecule has 0 aromatic heterocycles. The van der Waals surface area contributed by atoms with Gasteiger partial charge in [-0.3, -0.25) is 0 Å². The van der Waals surface area contributed by atoms with Crippen molar-refractivity contribution in [2.75, 3.05) is 0 Å². The Balaban J connectivity index is 1.87. The molecule has 5 aliphatic rings. The Morgan fingerprint density at radius 2 is 1.33 bits per heavy atom. The summed E-state index contributed by atoms with van der Waals surface area (Å²) in [4.78, 5) is 0. The van der Waals surface area contributed by atoms with E-state index in [-0.39, 0.29) is 12.6 Å². The van der Waals surface area contributed by atoms with Gasteiger partial charge in [0.05, 0.1) is 12.2 Å². The molecule has 12 heavy (non-hydrogen) atoms. The molecule has 3 aliphatic heterocycles. The lowest BCUT2D eigenvalue weighted by molar-refractivity contribution is -0.161. The van der Waals surface area contributed by atoms with Crippen molar-refractivity contribution < 1.29 is 14.2 Å². The lowest BCUT2D eigenvalue weighted by Crippen LogP contribution is -2.30. The molecule has 2 unspecified atom stereocenters.